The Morgan fingerprint density at radius 3 is 1.97 bits per heavy atom. The van der Waals surface area contributed by atoms with E-state index in [2.05, 4.69) is 0 Å². The first-order valence-corrected chi connectivity index (χ1v) is 11.2. The summed E-state index contributed by atoms with van der Waals surface area (Å²) in [4.78, 5) is 26.2. The molecule has 0 saturated heterocycles. The normalized spacial score (nSPS) is 18.3. The summed E-state index contributed by atoms with van der Waals surface area (Å²) in [5, 5.41) is 0. The van der Waals surface area contributed by atoms with Crippen LogP contribution < -0.4 is 0 Å². The zero-order valence-corrected chi connectivity index (χ0v) is 18.5. The number of carbonyl (C=O) groups is 2. The summed E-state index contributed by atoms with van der Waals surface area (Å²) in [6.45, 7) is 2.85. The van der Waals surface area contributed by atoms with Crippen molar-refractivity contribution in [1.82, 2.24) is 0 Å². The van der Waals surface area contributed by atoms with E-state index in [1.54, 1.807) is 6.26 Å². The van der Waals surface area contributed by atoms with E-state index in [9.17, 15) is 9.59 Å². The van der Waals surface area contributed by atoms with E-state index >= 15 is 17.6 Å². The van der Waals surface area contributed by atoms with Crippen LogP contribution in [0.15, 0.2) is 47.4 Å². The predicted molar refractivity (Wildman–Crippen MR) is 111 cm³/mol. The highest BCUT2D eigenvalue weighted by Crippen LogP contribution is 2.57. The van der Waals surface area contributed by atoms with Crippen LogP contribution in [0.5, 0.6) is 0 Å². The summed E-state index contributed by atoms with van der Waals surface area (Å²) in [5.74, 6) is -14.4. The number of hydrogen-bond acceptors (Lipinski definition) is 5. The SMILES string of the molecule is CCOC(=O)C(C(=O)OCC)C1c2ccccc2C(F)(F)C(F)(F)c2ccc(SC)cc21. The molecule has 172 valence electrons. The first kappa shape index (κ1) is 24.1. The van der Waals surface area contributed by atoms with Gasteiger partial charge in [-0.1, -0.05) is 30.3 Å². The lowest BCUT2D eigenvalue weighted by molar-refractivity contribution is -0.223. The van der Waals surface area contributed by atoms with Crippen molar-refractivity contribution in [1.29, 1.82) is 0 Å². The molecule has 3 rings (SSSR count). The van der Waals surface area contributed by atoms with E-state index in [-0.39, 0.29) is 24.3 Å². The lowest BCUT2D eigenvalue weighted by Crippen LogP contribution is -2.35. The molecular weight excluding hydrogens is 448 g/mol. The van der Waals surface area contributed by atoms with E-state index in [0.29, 0.717) is 4.90 Å². The van der Waals surface area contributed by atoms with Crippen molar-refractivity contribution >= 4 is 23.7 Å². The number of ether oxygens (including phenoxy) is 2. The van der Waals surface area contributed by atoms with Gasteiger partial charge >= 0.3 is 23.8 Å². The molecule has 2 aromatic carbocycles. The van der Waals surface area contributed by atoms with Crippen LogP contribution in [0.3, 0.4) is 0 Å². The van der Waals surface area contributed by atoms with Gasteiger partial charge in [0.25, 0.3) is 0 Å². The number of alkyl halides is 4. The second-order valence-corrected chi connectivity index (χ2v) is 8.03. The van der Waals surface area contributed by atoms with Gasteiger partial charge in [-0.2, -0.15) is 17.6 Å². The highest BCUT2D eigenvalue weighted by molar-refractivity contribution is 7.98. The molecule has 0 radical (unpaired) electrons. The predicted octanol–water partition coefficient (Wildman–Crippen LogP) is 5.48. The number of esters is 2. The van der Waals surface area contributed by atoms with Crippen LogP contribution in [-0.4, -0.2) is 31.4 Å². The third-order valence-electron chi connectivity index (χ3n) is 5.37. The summed E-state index contributed by atoms with van der Waals surface area (Å²) in [7, 11) is 0. The quantitative estimate of drug-likeness (QED) is 0.242. The van der Waals surface area contributed by atoms with E-state index in [0.717, 1.165) is 12.1 Å². The fourth-order valence-electron chi connectivity index (χ4n) is 3.96. The molecule has 0 bridgehead atoms. The van der Waals surface area contributed by atoms with Crippen molar-refractivity contribution in [2.24, 2.45) is 5.92 Å². The van der Waals surface area contributed by atoms with Gasteiger partial charge in [0.2, 0.25) is 0 Å². The van der Waals surface area contributed by atoms with Crippen LogP contribution in [0.4, 0.5) is 17.6 Å². The second kappa shape index (κ2) is 9.13. The van der Waals surface area contributed by atoms with Crippen LogP contribution in [0.1, 0.15) is 42.0 Å². The average Bonchev–Trinajstić information content (AvgIpc) is 2.81. The third kappa shape index (κ3) is 3.87. The Kier molecular flexibility index (Phi) is 6.88. The van der Waals surface area contributed by atoms with Gasteiger partial charge in [0.1, 0.15) is 0 Å². The van der Waals surface area contributed by atoms with Crippen molar-refractivity contribution < 1.29 is 36.6 Å². The van der Waals surface area contributed by atoms with Crippen molar-refractivity contribution in [2.45, 2.75) is 36.5 Å². The first-order chi connectivity index (χ1) is 15.1. The Balaban J connectivity index is 2.42. The van der Waals surface area contributed by atoms with Crippen molar-refractivity contribution in [3.8, 4) is 0 Å². The van der Waals surface area contributed by atoms with Crippen LogP contribution in [0, 0.1) is 5.92 Å². The van der Waals surface area contributed by atoms with Crippen LogP contribution in [-0.2, 0) is 30.9 Å². The topological polar surface area (TPSA) is 52.6 Å². The number of rotatable bonds is 6. The van der Waals surface area contributed by atoms with Crippen LogP contribution >= 0.6 is 11.8 Å². The molecule has 0 N–H and O–H groups in total. The minimum absolute atomic E-state index is 0.0901. The van der Waals surface area contributed by atoms with Gasteiger partial charge in [0.15, 0.2) is 5.92 Å². The Labute approximate surface area is 187 Å². The minimum Gasteiger partial charge on any atom is -0.465 e. The molecule has 0 aromatic heterocycles. The Bertz CT molecular complexity index is 1010. The molecular formula is C23H22F4O4S. The van der Waals surface area contributed by atoms with Crippen LogP contribution in [0.25, 0.3) is 0 Å². The van der Waals surface area contributed by atoms with Gasteiger partial charge in [-0.25, -0.2) is 0 Å². The molecule has 0 saturated carbocycles. The third-order valence-corrected chi connectivity index (χ3v) is 6.10. The summed E-state index contributed by atoms with van der Waals surface area (Å²) in [6, 6.07) is 8.30. The molecule has 0 amide bonds. The van der Waals surface area contributed by atoms with Crippen LogP contribution in [0.2, 0.25) is 0 Å². The van der Waals surface area contributed by atoms with Crippen molar-refractivity contribution in [3.63, 3.8) is 0 Å². The second-order valence-electron chi connectivity index (χ2n) is 7.15. The first-order valence-electron chi connectivity index (χ1n) is 9.98. The maximum absolute atomic E-state index is 15.3. The number of thioether (sulfide) groups is 1. The number of hydrogen-bond donors (Lipinski definition) is 0. The zero-order chi connectivity index (χ0) is 23.7. The Morgan fingerprint density at radius 2 is 1.44 bits per heavy atom. The van der Waals surface area contributed by atoms with Gasteiger partial charge in [-0.15, -0.1) is 11.8 Å². The van der Waals surface area contributed by atoms with Crippen molar-refractivity contribution in [2.75, 3.05) is 19.5 Å². The molecule has 0 aliphatic heterocycles. The molecule has 0 fully saturated rings. The molecule has 2 aromatic rings. The molecule has 4 nitrogen and oxygen atoms in total. The fourth-order valence-corrected chi connectivity index (χ4v) is 4.41. The van der Waals surface area contributed by atoms with E-state index in [4.69, 9.17) is 9.47 Å². The van der Waals surface area contributed by atoms with E-state index in [1.807, 2.05) is 0 Å². The van der Waals surface area contributed by atoms with Gasteiger partial charge in [0.05, 0.1) is 13.2 Å². The molecule has 1 aliphatic rings. The lowest BCUT2D eigenvalue weighted by Gasteiger charge is -2.27. The molecule has 1 unspecified atom stereocenters. The largest absolute Gasteiger partial charge is 0.465 e. The molecule has 9 heteroatoms. The van der Waals surface area contributed by atoms with Gasteiger partial charge in [-0.3, -0.25) is 9.59 Å². The van der Waals surface area contributed by atoms with E-state index in [1.165, 1.54) is 55.9 Å². The number of halogens is 4. The highest BCUT2D eigenvalue weighted by atomic mass is 32.2. The monoisotopic (exact) mass is 470 g/mol. The molecule has 1 aliphatic carbocycles. The van der Waals surface area contributed by atoms with Crippen molar-refractivity contribution in [3.05, 3.63) is 64.7 Å². The van der Waals surface area contributed by atoms with Gasteiger partial charge < -0.3 is 9.47 Å². The molecule has 32 heavy (non-hydrogen) atoms. The van der Waals surface area contributed by atoms with Gasteiger partial charge in [-0.05, 0) is 43.4 Å². The highest BCUT2D eigenvalue weighted by Gasteiger charge is 2.63. The molecule has 0 heterocycles. The minimum atomic E-state index is -4.59. The summed E-state index contributed by atoms with van der Waals surface area (Å²) in [6.07, 6.45) is 1.70. The fraction of sp³-hybridized carbons (Fsp3) is 0.391. The number of benzene rings is 2. The Morgan fingerprint density at radius 1 is 0.906 bits per heavy atom. The zero-order valence-electron chi connectivity index (χ0n) is 17.7. The molecule has 0 spiro atoms. The number of fused-ring (bicyclic) bond motifs is 2. The standard InChI is InChI=1S/C23H22F4O4S/c1-4-30-20(28)19(21(29)31-5-2)18-14-8-6-7-9-16(14)22(24,25)23(26,27)17-11-10-13(32-3)12-15(17)18/h6-12,18-19H,4-5H2,1-3H3. The summed E-state index contributed by atoms with van der Waals surface area (Å²) in [5.41, 5.74) is -2.38. The maximum atomic E-state index is 15.3. The summed E-state index contributed by atoms with van der Waals surface area (Å²) < 4.78 is 71.1. The number of carbonyl (C=O) groups excluding carboxylic acids is 2. The Hall–Kier alpha value is -2.55. The molecule has 1 atom stereocenters. The average molecular weight is 470 g/mol. The van der Waals surface area contributed by atoms with Gasteiger partial charge in [0, 0.05) is 21.9 Å². The van der Waals surface area contributed by atoms with E-state index < -0.39 is 46.7 Å². The smallest absolute Gasteiger partial charge is 0.340 e. The maximum Gasteiger partial charge on any atom is 0.340 e. The summed E-state index contributed by atoms with van der Waals surface area (Å²) >= 11 is 1.22. The lowest BCUT2D eigenvalue weighted by atomic mass is 9.78.